The van der Waals surface area contributed by atoms with E-state index in [-0.39, 0.29) is 28.9 Å². The first kappa shape index (κ1) is 24.4. The second-order valence-corrected chi connectivity index (χ2v) is 10.3. The number of carbonyl (C=O) groups excluding carboxylic acids is 1. The molecule has 188 valence electrons. The zero-order valence-electron chi connectivity index (χ0n) is 21.0. The summed E-state index contributed by atoms with van der Waals surface area (Å²) in [6, 6.07) is 26.6. The van der Waals surface area contributed by atoms with Crippen molar-refractivity contribution in [3.8, 4) is 11.5 Å². The molecule has 2 N–H and O–H groups in total. The Morgan fingerprint density at radius 3 is 2.25 bits per heavy atom. The zero-order chi connectivity index (χ0) is 25.0. The molecular weight excluding hydrogens is 448 g/mol. The van der Waals surface area contributed by atoms with Crippen molar-refractivity contribution in [1.29, 1.82) is 0 Å². The second-order valence-electron chi connectivity index (χ2n) is 10.3. The van der Waals surface area contributed by atoms with Crippen LogP contribution >= 0.6 is 0 Å². The van der Waals surface area contributed by atoms with Crippen LogP contribution in [0.1, 0.15) is 48.3 Å². The topological polar surface area (TPSA) is 61.8 Å². The quantitative estimate of drug-likeness (QED) is 0.430. The highest BCUT2D eigenvalue weighted by Crippen LogP contribution is 2.59. The summed E-state index contributed by atoms with van der Waals surface area (Å²) in [6.45, 7) is 3.32. The molecular formula is C31H36N2O3. The highest BCUT2D eigenvalue weighted by Gasteiger charge is 2.58. The molecule has 5 rings (SSSR count). The Morgan fingerprint density at radius 2 is 1.67 bits per heavy atom. The van der Waals surface area contributed by atoms with Crippen LogP contribution in [0.5, 0.6) is 11.5 Å². The fraction of sp³-hybridized carbons (Fsp3) is 0.387. The van der Waals surface area contributed by atoms with Gasteiger partial charge in [0.1, 0.15) is 11.5 Å². The van der Waals surface area contributed by atoms with Crippen LogP contribution in [0.3, 0.4) is 0 Å². The maximum Gasteiger partial charge on any atom is 0.223 e. The highest BCUT2D eigenvalue weighted by molar-refractivity contribution is 5.82. The number of piperidine rings is 1. The molecule has 0 radical (unpaired) electrons. The van der Waals surface area contributed by atoms with E-state index in [1.54, 1.807) is 13.2 Å². The molecule has 1 atom stereocenters. The van der Waals surface area contributed by atoms with E-state index in [2.05, 4.69) is 58.7 Å². The lowest BCUT2D eigenvalue weighted by atomic mass is 9.88. The van der Waals surface area contributed by atoms with Crippen LogP contribution < -0.4 is 10.1 Å². The number of phenols is 1. The van der Waals surface area contributed by atoms with Crippen molar-refractivity contribution in [3.63, 3.8) is 0 Å². The number of methoxy groups -OCH3 is 1. The van der Waals surface area contributed by atoms with Crippen LogP contribution in [0.2, 0.25) is 0 Å². The number of nitrogens with one attached hydrogen (secondary N) is 1. The number of hydrogen-bond acceptors (Lipinski definition) is 4. The number of rotatable bonds is 9. The molecule has 3 aromatic rings. The van der Waals surface area contributed by atoms with Crippen molar-refractivity contribution < 1.29 is 14.6 Å². The molecule has 0 unspecified atom stereocenters. The molecule has 5 nitrogen and oxygen atoms in total. The summed E-state index contributed by atoms with van der Waals surface area (Å²) in [5, 5.41) is 13.5. The summed E-state index contributed by atoms with van der Waals surface area (Å²) in [5.41, 5.74) is 3.66. The number of ether oxygens (including phenoxy) is 1. The van der Waals surface area contributed by atoms with E-state index in [1.807, 2.05) is 24.3 Å². The number of benzene rings is 3. The fourth-order valence-electron chi connectivity index (χ4n) is 5.83. The Kier molecular flexibility index (Phi) is 7.28. The number of amides is 1. The Balaban J connectivity index is 1.11. The first-order valence-corrected chi connectivity index (χ1v) is 13.0. The van der Waals surface area contributed by atoms with E-state index in [0.717, 1.165) is 50.9 Å². The molecule has 1 spiro atoms. The van der Waals surface area contributed by atoms with E-state index < -0.39 is 0 Å². The Hall–Kier alpha value is -3.31. The average molecular weight is 485 g/mol. The molecule has 36 heavy (non-hydrogen) atoms. The maximum atomic E-state index is 13.0. The first-order valence-electron chi connectivity index (χ1n) is 13.0. The lowest BCUT2D eigenvalue weighted by molar-refractivity contribution is -0.123. The van der Waals surface area contributed by atoms with E-state index in [9.17, 15) is 9.90 Å². The van der Waals surface area contributed by atoms with Gasteiger partial charge in [-0.2, -0.15) is 0 Å². The predicted molar refractivity (Wildman–Crippen MR) is 142 cm³/mol. The van der Waals surface area contributed by atoms with Gasteiger partial charge in [0.2, 0.25) is 5.91 Å². The second kappa shape index (κ2) is 10.8. The molecule has 1 amide bonds. The molecule has 1 saturated heterocycles. The number of hydrogen-bond donors (Lipinski definition) is 2. The Morgan fingerprint density at radius 1 is 1.03 bits per heavy atom. The van der Waals surface area contributed by atoms with Crippen LogP contribution in [0.4, 0.5) is 0 Å². The summed E-state index contributed by atoms with van der Waals surface area (Å²) < 4.78 is 5.18. The van der Waals surface area contributed by atoms with Crippen molar-refractivity contribution in [2.24, 2.45) is 11.3 Å². The summed E-state index contributed by atoms with van der Waals surface area (Å²) in [7, 11) is 1.60. The molecule has 1 heterocycles. The SMILES string of the molecule is COc1ccc(CN2CCC3(CC2)C[C@H]3C(=O)NCCC(c2ccccc2)c2ccccc2)c(O)c1. The van der Waals surface area contributed by atoms with Gasteiger partial charge in [-0.1, -0.05) is 66.7 Å². The average Bonchev–Trinajstić information content (AvgIpc) is 3.63. The summed E-state index contributed by atoms with van der Waals surface area (Å²) in [6.07, 6.45) is 3.97. The van der Waals surface area contributed by atoms with Gasteiger partial charge in [0.25, 0.3) is 0 Å². The molecule has 2 aliphatic rings. The van der Waals surface area contributed by atoms with Gasteiger partial charge in [-0.25, -0.2) is 0 Å². The van der Waals surface area contributed by atoms with Gasteiger partial charge in [-0.3, -0.25) is 9.69 Å². The highest BCUT2D eigenvalue weighted by atomic mass is 16.5. The van der Waals surface area contributed by atoms with Crippen molar-refractivity contribution in [2.45, 2.75) is 38.1 Å². The normalized spacial score (nSPS) is 18.8. The van der Waals surface area contributed by atoms with E-state index in [1.165, 1.54) is 11.1 Å². The van der Waals surface area contributed by atoms with Gasteiger partial charge in [-0.05, 0) is 61.4 Å². The third kappa shape index (κ3) is 5.41. The van der Waals surface area contributed by atoms with E-state index >= 15 is 0 Å². The van der Waals surface area contributed by atoms with Crippen molar-refractivity contribution >= 4 is 5.91 Å². The molecule has 1 saturated carbocycles. The van der Waals surface area contributed by atoms with Gasteiger partial charge in [0.05, 0.1) is 7.11 Å². The molecule has 3 aromatic carbocycles. The van der Waals surface area contributed by atoms with Crippen LogP contribution in [0.25, 0.3) is 0 Å². The molecule has 1 aliphatic heterocycles. The number of nitrogens with zero attached hydrogens (tertiary/aromatic N) is 1. The fourth-order valence-corrected chi connectivity index (χ4v) is 5.83. The van der Waals surface area contributed by atoms with Crippen LogP contribution in [0.15, 0.2) is 78.9 Å². The first-order chi connectivity index (χ1) is 17.6. The molecule has 5 heteroatoms. The predicted octanol–water partition coefficient (Wildman–Crippen LogP) is 5.34. The summed E-state index contributed by atoms with van der Waals surface area (Å²) in [4.78, 5) is 15.4. The zero-order valence-corrected chi connectivity index (χ0v) is 21.0. The summed E-state index contributed by atoms with van der Waals surface area (Å²) >= 11 is 0. The number of carbonyl (C=O) groups is 1. The van der Waals surface area contributed by atoms with Crippen molar-refractivity contribution in [1.82, 2.24) is 10.2 Å². The van der Waals surface area contributed by atoms with Crippen LogP contribution in [-0.2, 0) is 11.3 Å². The Bertz CT molecular complexity index is 1120. The number of aromatic hydroxyl groups is 1. The molecule has 0 aromatic heterocycles. The van der Waals surface area contributed by atoms with Gasteiger partial charge in [0.15, 0.2) is 0 Å². The van der Waals surface area contributed by atoms with Crippen molar-refractivity contribution in [3.05, 3.63) is 95.6 Å². The van der Waals surface area contributed by atoms with Crippen LogP contribution in [-0.4, -0.2) is 42.7 Å². The third-order valence-electron chi connectivity index (χ3n) is 8.18. The third-order valence-corrected chi connectivity index (χ3v) is 8.18. The minimum absolute atomic E-state index is 0.140. The van der Waals surface area contributed by atoms with Gasteiger partial charge >= 0.3 is 0 Å². The maximum absolute atomic E-state index is 13.0. The summed E-state index contributed by atoms with van der Waals surface area (Å²) in [5.74, 6) is 1.58. The van der Waals surface area contributed by atoms with E-state index in [4.69, 9.17) is 4.74 Å². The van der Waals surface area contributed by atoms with Gasteiger partial charge < -0.3 is 15.2 Å². The largest absolute Gasteiger partial charge is 0.507 e. The Labute approximate surface area is 214 Å². The monoisotopic (exact) mass is 484 g/mol. The minimum Gasteiger partial charge on any atom is -0.507 e. The molecule has 2 fully saturated rings. The lowest BCUT2D eigenvalue weighted by Crippen LogP contribution is -2.37. The number of likely N-dealkylation sites (tertiary alicyclic amines) is 1. The van der Waals surface area contributed by atoms with Crippen molar-refractivity contribution in [2.75, 3.05) is 26.7 Å². The molecule has 0 bridgehead atoms. The number of phenolic OH excluding ortho intramolecular Hbond substituents is 1. The van der Waals surface area contributed by atoms with Crippen LogP contribution in [0, 0.1) is 11.3 Å². The lowest BCUT2D eigenvalue weighted by Gasteiger charge is -2.33. The smallest absolute Gasteiger partial charge is 0.223 e. The van der Waals surface area contributed by atoms with Gasteiger partial charge in [0, 0.05) is 36.6 Å². The standard InChI is InChI=1S/C31H36N2O3/c1-36-26-13-12-25(29(34)20-26)22-33-18-15-31(16-19-33)21-28(31)30(35)32-17-14-27(23-8-4-2-5-9-23)24-10-6-3-7-11-24/h2-13,20,27-28,34H,14-19,21-22H2,1H3,(H,32,35)/t28-/m0/s1. The minimum atomic E-state index is 0.140. The molecule has 1 aliphatic carbocycles. The van der Waals surface area contributed by atoms with E-state index in [0.29, 0.717) is 12.3 Å². The van der Waals surface area contributed by atoms with Gasteiger partial charge in [-0.15, -0.1) is 0 Å².